The second-order valence-corrected chi connectivity index (χ2v) is 8.14. The maximum atomic E-state index is 12.6. The van der Waals surface area contributed by atoms with Crippen LogP contribution in [0.25, 0.3) is 0 Å². The molecule has 1 amide bonds. The van der Waals surface area contributed by atoms with Crippen LogP contribution in [0.4, 0.5) is 5.69 Å². The molecule has 1 N–H and O–H groups in total. The maximum absolute atomic E-state index is 12.6. The summed E-state index contributed by atoms with van der Waals surface area (Å²) in [5.41, 5.74) is 1.48. The Balaban J connectivity index is 2.10. The Hall–Kier alpha value is -1.64. The topological polar surface area (TPSA) is 79.0 Å². The zero-order valence-electron chi connectivity index (χ0n) is 14.4. The van der Waals surface area contributed by atoms with Gasteiger partial charge in [0, 0.05) is 27.2 Å². The van der Waals surface area contributed by atoms with Crippen LogP contribution in [-0.4, -0.2) is 58.5 Å². The SMILES string of the molecule is Cc1ccc(N(CC(=O)NC[C@H]2CCCO2)S(=O)(=O)N(C)C)cc1. The quantitative estimate of drug-likeness (QED) is 0.788. The summed E-state index contributed by atoms with van der Waals surface area (Å²) in [7, 11) is -0.872. The zero-order chi connectivity index (χ0) is 17.7. The van der Waals surface area contributed by atoms with Crippen LogP contribution in [0.2, 0.25) is 0 Å². The molecule has 24 heavy (non-hydrogen) atoms. The fraction of sp³-hybridized carbons (Fsp3) is 0.562. The summed E-state index contributed by atoms with van der Waals surface area (Å²) >= 11 is 0. The number of carbonyl (C=O) groups is 1. The van der Waals surface area contributed by atoms with Crippen LogP contribution < -0.4 is 9.62 Å². The molecule has 7 nitrogen and oxygen atoms in total. The van der Waals surface area contributed by atoms with Crippen molar-refractivity contribution in [3.8, 4) is 0 Å². The molecule has 1 aromatic rings. The Morgan fingerprint density at radius 1 is 1.29 bits per heavy atom. The molecule has 1 fully saturated rings. The number of ether oxygens (including phenoxy) is 1. The van der Waals surface area contributed by atoms with Gasteiger partial charge in [0.25, 0.3) is 0 Å². The van der Waals surface area contributed by atoms with Gasteiger partial charge >= 0.3 is 10.2 Å². The van der Waals surface area contributed by atoms with Gasteiger partial charge in [0.05, 0.1) is 11.8 Å². The molecule has 0 radical (unpaired) electrons. The van der Waals surface area contributed by atoms with Crippen molar-refractivity contribution in [2.24, 2.45) is 0 Å². The summed E-state index contributed by atoms with van der Waals surface area (Å²) in [4.78, 5) is 12.2. The number of hydrogen-bond acceptors (Lipinski definition) is 4. The van der Waals surface area contributed by atoms with Crippen LogP contribution in [-0.2, 0) is 19.7 Å². The number of nitrogens with one attached hydrogen (secondary N) is 1. The third-order valence-electron chi connectivity index (χ3n) is 3.90. The molecule has 1 saturated heterocycles. The van der Waals surface area contributed by atoms with Gasteiger partial charge in [0.15, 0.2) is 0 Å². The van der Waals surface area contributed by atoms with Crippen LogP contribution in [0.1, 0.15) is 18.4 Å². The average Bonchev–Trinajstić information content (AvgIpc) is 3.05. The van der Waals surface area contributed by atoms with Gasteiger partial charge < -0.3 is 10.1 Å². The molecule has 1 aliphatic rings. The number of amides is 1. The molecule has 0 spiro atoms. The van der Waals surface area contributed by atoms with E-state index in [9.17, 15) is 13.2 Å². The molecular weight excluding hydrogens is 330 g/mol. The molecule has 2 rings (SSSR count). The average molecular weight is 355 g/mol. The molecular formula is C16H25N3O4S. The molecule has 1 heterocycles. The highest BCUT2D eigenvalue weighted by Crippen LogP contribution is 2.20. The molecule has 1 aromatic carbocycles. The third kappa shape index (κ3) is 4.68. The van der Waals surface area contributed by atoms with E-state index in [0.717, 1.165) is 27.0 Å². The third-order valence-corrected chi connectivity index (χ3v) is 5.72. The second-order valence-electron chi connectivity index (χ2n) is 6.07. The highest BCUT2D eigenvalue weighted by molar-refractivity contribution is 7.90. The molecule has 0 aliphatic carbocycles. The summed E-state index contributed by atoms with van der Waals surface area (Å²) in [5, 5.41) is 2.76. The van der Waals surface area contributed by atoms with Crippen molar-refractivity contribution in [3.63, 3.8) is 0 Å². The largest absolute Gasteiger partial charge is 0.376 e. The molecule has 8 heteroatoms. The molecule has 0 aromatic heterocycles. The Morgan fingerprint density at radius 2 is 1.96 bits per heavy atom. The van der Waals surface area contributed by atoms with E-state index >= 15 is 0 Å². The summed E-state index contributed by atoms with van der Waals surface area (Å²) in [5.74, 6) is -0.350. The van der Waals surface area contributed by atoms with E-state index in [4.69, 9.17) is 4.74 Å². The summed E-state index contributed by atoms with van der Waals surface area (Å²) in [6.07, 6.45) is 1.93. The number of carbonyl (C=O) groups excluding carboxylic acids is 1. The Bertz CT molecular complexity index is 652. The number of benzene rings is 1. The molecule has 1 aliphatic heterocycles. The summed E-state index contributed by atoms with van der Waals surface area (Å²) < 4.78 is 32.8. The smallest absolute Gasteiger partial charge is 0.304 e. The molecule has 0 unspecified atom stereocenters. The predicted octanol–water partition coefficient (Wildman–Crippen LogP) is 0.903. The van der Waals surface area contributed by atoms with Gasteiger partial charge in [0.1, 0.15) is 6.54 Å². The van der Waals surface area contributed by atoms with Gasteiger partial charge in [-0.25, -0.2) is 4.31 Å². The first-order chi connectivity index (χ1) is 11.3. The molecule has 0 saturated carbocycles. The van der Waals surface area contributed by atoms with E-state index < -0.39 is 10.2 Å². The fourth-order valence-electron chi connectivity index (χ4n) is 2.43. The first-order valence-electron chi connectivity index (χ1n) is 7.96. The minimum Gasteiger partial charge on any atom is -0.376 e. The number of hydrogen-bond donors (Lipinski definition) is 1. The van der Waals surface area contributed by atoms with Crippen molar-refractivity contribution in [2.75, 3.05) is 38.1 Å². The first-order valence-corrected chi connectivity index (χ1v) is 9.35. The van der Waals surface area contributed by atoms with Gasteiger partial charge in [-0.1, -0.05) is 17.7 Å². The second kappa shape index (κ2) is 7.96. The fourth-order valence-corrected chi connectivity index (χ4v) is 3.50. The van der Waals surface area contributed by atoms with Crippen molar-refractivity contribution in [1.82, 2.24) is 9.62 Å². The van der Waals surface area contributed by atoms with E-state index in [-0.39, 0.29) is 18.6 Å². The lowest BCUT2D eigenvalue weighted by Crippen LogP contribution is -2.46. The van der Waals surface area contributed by atoms with Crippen molar-refractivity contribution >= 4 is 21.8 Å². The van der Waals surface area contributed by atoms with E-state index in [1.807, 2.05) is 19.1 Å². The van der Waals surface area contributed by atoms with Crippen molar-refractivity contribution < 1.29 is 17.9 Å². The Labute approximate surface area is 143 Å². The minimum absolute atomic E-state index is 0.0206. The van der Waals surface area contributed by atoms with Crippen LogP contribution in [0.3, 0.4) is 0 Å². The predicted molar refractivity (Wildman–Crippen MR) is 93.1 cm³/mol. The first kappa shape index (κ1) is 18.7. The van der Waals surface area contributed by atoms with Gasteiger partial charge in [-0.2, -0.15) is 12.7 Å². The van der Waals surface area contributed by atoms with Crippen LogP contribution in [0.15, 0.2) is 24.3 Å². The van der Waals surface area contributed by atoms with Gasteiger partial charge in [0.2, 0.25) is 5.91 Å². The number of rotatable bonds is 7. The van der Waals surface area contributed by atoms with Crippen LogP contribution in [0, 0.1) is 6.92 Å². The van der Waals surface area contributed by atoms with Gasteiger partial charge in [-0.05, 0) is 31.9 Å². The Morgan fingerprint density at radius 3 is 2.50 bits per heavy atom. The van der Waals surface area contributed by atoms with Gasteiger partial charge in [-0.15, -0.1) is 0 Å². The van der Waals surface area contributed by atoms with Crippen LogP contribution >= 0.6 is 0 Å². The summed E-state index contributed by atoms with van der Waals surface area (Å²) in [6, 6.07) is 7.03. The van der Waals surface area contributed by atoms with E-state index in [1.165, 1.54) is 14.1 Å². The van der Waals surface area contributed by atoms with Crippen LogP contribution in [0.5, 0.6) is 0 Å². The zero-order valence-corrected chi connectivity index (χ0v) is 15.2. The Kier molecular flexibility index (Phi) is 6.20. The highest BCUT2D eigenvalue weighted by Gasteiger charge is 2.27. The van der Waals surface area contributed by atoms with E-state index in [0.29, 0.717) is 18.8 Å². The lowest BCUT2D eigenvalue weighted by molar-refractivity contribution is -0.120. The standard InChI is InChI=1S/C16H25N3O4S/c1-13-6-8-14(9-7-13)19(24(21,22)18(2)3)12-16(20)17-11-15-5-4-10-23-15/h6-9,15H,4-5,10-12H2,1-3H3,(H,17,20)/t15-/m1/s1. The monoisotopic (exact) mass is 355 g/mol. The van der Waals surface area contributed by atoms with Gasteiger partial charge in [-0.3, -0.25) is 4.79 Å². The molecule has 0 bridgehead atoms. The van der Waals surface area contributed by atoms with E-state index in [2.05, 4.69) is 5.32 Å². The molecule has 134 valence electrons. The number of nitrogens with zero attached hydrogens (tertiary/aromatic N) is 2. The number of aryl methyl sites for hydroxylation is 1. The normalized spacial score (nSPS) is 17.9. The number of anilines is 1. The summed E-state index contributed by atoms with van der Waals surface area (Å²) in [6.45, 7) is 2.77. The van der Waals surface area contributed by atoms with Crippen molar-refractivity contribution in [2.45, 2.75) is 25.9 Å². The van der Waals surface area contributed by atoms with Crippen molar-refractivity contribution in [3.05, 3.63) is 29.8 Å². The lowest BCUT2D eigenvalue weighted by Gasteiger charge is -2.27. The van der Waals surface area contributed by atoms with E-state index in [1.54, 1.807) is 12.1 Å². The highest BCUT2D eigenvalue weighted by atomic mass is 32.2. The lowest BCUT2D eigenvalue weighted by atomic mass is 10.2. The maximum Gasteiger partial charge on any atom is 0.304 e. The minimum atomic E-state index is -3.76. The van der Waals surface area contributed by atoms with Crippen molar-refractivity contribution in [1.29, 1.82) is 0 Å². The molecule has 1 atom stereocenters.